The van der Waals surface area contributed by atoms with Crippen molar-refractivity contribution in [2.75, 3.05) is 33.0 Å². The van der Waals surface area contributed by atoms with Crippen molar-refractivity contribution in [3.63, 3.8) is 0 Å². The molecule has 65 heavy (non-hydrogen) atoms. The molecule has 0 spiro atoms. The summed E-state index contributed by atoms with van der Waals surface area (Å²) in [6.45, 7) is 5.01. The van der Waals surface area contributed by atoms with Crippen molar-refractivity contribution in [1.82, 2.24) is 0 Å². The van der Waals surface area contributed by atoms with Crippen molar-refractivity contribution in [2.45, 2.75) is 309 Å². The highest BCUT2D eigenvalue weighted by molar-refractivity contribution is 7.47. The van der Waals surface area contributed by atoms with Crippen molar-refractivity contribution in [2.24, 2.45) is 5.73 Å². The van der Waals surface area contributed by atoms with Gasteiger partial charge in [0.25, 0.3) is 0 Å². The predicted octanol–water partition coefficient (Wildman–Crippen LogP) is 18.2. The molecule has 0 aromatic rings. The Hall–Kier alpha value is -0.760. The van der Waals surface area contributed by atoms with Gasteiger partial charge in [-0.15, -0.1) is 0 Å². The second kappa shape index (κ2) is 54.2. The van der Waals surface area contributed by atoms with Gasteiger partial charge in [-0.05, 0) is 38.5 Å². The van der Waals surface area contributed by atoms with Gasteiger partial charge in [-0.2, -0.15) is 0 Å². The highest BCUT2D eigenvalue weighted by atomic mass is 31.2. The summed E-state index contributed by atoms with van der Waals surface area (Å²) in [5.74, 6) is -0.322. The fourth-order valence-electron chi connectivity index (χ4n) is 8.70. The number of phosphoric acid groups is 1. The first kappa shape index (κ1) is 64.2. The Balaban J connectivity index is 3.83. The van der Waals surface area contributed by atoms with Crippen LogP contribution in [0.3, 0.4) is 0 Å². The minimum absolute atomic E-state index is 0.0912. The van der Waals surface area contributed by atoms with Gasteiger partial charge in [0.2, 0.25) is 0 Å². The highest BCUT2D eigenvalue weighted by Crippen LogP contribution is 2.43. The number of allylic oxidation sites excluding steroid dienone is 2. The fraction of sp³-hybridized carbons (Fsp3) is 0.946. The molecule has 0 aliphatic heterocycles. The topological polar surface area (TPSA) is 117 Å². The molecule has 8 nitrogen and oxygen atoms in total. The van der Waals surface area contributed by atoms with Crippen molar-refractivity contribution in [3.05, 3.63) is 12.2 Å². The minimum Gasteiger partial charge on any atom is -0.457 e. The predicted molar refractivity (Wildman–Crippen MR) is 280 cm³/mol. The Morgan fingerprint density at radius 3 is 1.12 bits per heavy atom. The molecule has 0 saturated carbocycles. The lowest BCUT2D eigenvalue weighted by Crippen LogP contribution is -2.28. The number of carbonyl (C=O) groups excluding carboxylic acids is 1. The first-order valence-corrected chi connectivity index (χ1v) is 30.2. The first-order chi connectivity index (χ1) is 31.9. The third kappa shape index (κ3) is 54.1. The fourth-order valence-corrected chi connectivity index (χ4v) is 9.47. The average molecular weight is 942 g/mol. The molecule has 0 bridgehead atoms. The van der Waals surface area contributed by atoms with Gasteiger partial charge in [0.05, 0.1) is 19.8 Å². The Morgan fingerprint density at radius 1 is 0.446 bits per heavy atom. The van der Waals surface area contributed by atoms with Crippen LogP contribution in [0.1, 0.15) is 303 Å². The molecule has 0 radical (unpaired) electrons. The third-order valence-electron chi connectivity index (χ3n) is 12.9. The molecule has 0 rings (SSSR count). The highest BCUT2D eigenvalue weighted by Gasteiger charge is 2.25. The summed E-state index contributed by atoms with van der Waals surface area (Å²) in [4.78, 5) is 22.7. The van der Waals surface area contributed by atoms with E-state index in [1.54, 1.807) is 0 Å². The number of carbonyl (C=O) groups is 1. The van der Waals surface area contributed by atoms with Crippen molar-refractivity contribution < 1.29 is 32.8 Å². The van der Waals surface area contributed by atoms with Crippen LogP contribution in [-0.2, 0) is 27.9 Å². The lowest BCUT2D eigenvalue weighted by molar-refractivity contribution is -0.154. The molecule has 388 valence electrons. The molecule has 0 aliphatic carbocycles. The van der Waals surface area contributed by atoms with Gasteiger partial charge in [-0.25, -0.2) is 4.57 Å². The van der Waals surface area contributed by atoms with E-state index >= 15 is 0 Å². The van der Waals surface area contributed by atoms with E-state index in [-0.39, 0.29) is 32.3 Å². The molecule has 0 fully saturated rings. The van der Waals surface area contributed by atoms with E-state index in [0.717, 1.165) is 32.1 Å². The zero-order chi connectivity index (χ0) is 47.3. The molecule has 2 unspecified atom stereocenters. The van der Waals surface area contributed by atoms with Gasteiger partial charge in [0.15, 0.2) is 0 Å². The van der Waals surface area contributed by atoms with Crippen LogP contribution in [-0.4, -0.2) is 49.9 Å². The summed E-state index contributed by atoms with van der Waals surface area (Å²) >= 11 is 0. The molecule has 9 heteroatoms. The summed E-state index contributed by atoms with van der Waals surface area (Å²) in [6, 6.07) is 0. The summed E-state index contributed by atoms with van der Waals surface area (Å²) in [5.41, 5.74) is 5.40. The second-order valence-electron chi connectivity index (χ2n) is 19.5. The number of unbranched alkanes of at least 4 members (excludes halogenated alkanes) is 41. The monoisotopic (exact) mass is 942 g/mol. The third-order valence-corrected chi connectivity index (χ3v) is 13.9. The summed E-state index contributed by atoms with van der Waals surface area (Å²) in [5, 5.41) is 0. The Kier molecular flexibility index (Phi) is 53.6. The van der Waals surface area contributed by atoms with Crippen LogP contribution >= 0.6 is 7.82 Å². The molecule has 0 aromatic carbocycles. The first-order valence-electron chi connectivity index (χ1n) is 28.7. The van der Waals surface area contributed by atoms with E-state index in [4.69, 9.17) is 24.3 Å². The van der Waals surface area contributed by atoms with E-state index in [9.17, 15) is 14.3 Å². The number of rotatable bonds is 56. The number of esters is 1. The molecule has 0 heterocycles. The quantitative estimate of drug-likeness (QED) is 0.0268. The number of ether oxygens (including phenoxy) is 2. The largest absolute Gasteiger partial charge is 0.472 e. The molecule has 2 atom stereocenters. The summed E-state index contributed by atoms with van der Waals surface area (Å²) < 4.78 is 33.7. The molecular formula is C56H112NO7P. The smallest absolute Gasteiger partial charge is 0.457 e. The Labute approximate surface area is 404 Å². The van der Waals surface area contributed by atoms with Crippen LogP contribution in [0.25, 0.3) is 0 Å². The molecule has 3 N–H and O–H groups in total. The lowest BCUT2D eigenvalue weighted by atomic mass is 10.0. The Bertz CT molecular complexity index is 1010. The van der Waals surface area contributed by atoms with E-state index in [1.165, 1.54) is 250 Å². The van der Waals surface area contributed by atoms with Crippen molar-refractivity contribution >= 4 is 13.8 Å². The lowest BCUT2D eigenvalue weighted by Gasteiger charge is -2.20. The number of nitrogens with two attached hydrogens (primary N) is 1. The van der Waals surface area contributed by atoms with Gasteiger partial charge >= 0.3 is 13.8 Å². The zero-order valence-corrected chi connectivity index (χ0v) is 44.4. The molecule has 0 aromatic heterocycles. The van der Waals surface area contributed by atoms with Gasteiger partial charge in [0, 0.05) is 19.6 Å². The Morgan fingerprint density at radius 2 is 0.769 bits per heavy atom. The van der Waals surface area contributed by atoms with Gasteiger partial charge in [0.1, 0.15) is 6.10 Å². The van der Waals surface area contributed by atoms with Crippen LogP contribution in [0.4, 0.5) is 0 Å². The standard InChI is InChI=1S/C56H112NO7P/c1-3-5-7-9-11-13-15-17-19-21-23-25-26-27-28-29-31-33-35-37-39-41-43-45-47-49-56(58)64-55(54-63-65(59,60)62-52-50-57)53-61-51-48-46-44-42-40-38-36-34-32-30-24-22-20-18-16-14-12-10-8-6-4-2/h21,23,55H,3-20,22,24-54,57H2,1-2H3,(H,59,60)/b23-21-. The van der Waals surface area contributed by atoms with Crippen LogP contribution in [0.15, 0.2) is 12.2 Å². The minimum atomic E-state index is -4.28. The number of phosphoric ester groups is 1. The van der Waals surface area contributed by atoms with Crippen molar-refractivity contribution in [1.29, 1.82) is 0 Å². The molecular weight excluding hydrogens is 830 g/mol. The van der Waals surface area contributed by atoms with E-state index in [1.807, 2.05) is 0 Å². The second-order valence-corrected chi connectivity index (χ2v) is 21.0. The normalized spacial score (nSPS) is 13.2. The van der Waals surface area contributed by atoms with Gasteiger partial charge < -0.3 is 20.1 Å². The summed E-state index contributed by atoms with van der Waals surface area (Å²) in [6.07, 6.45) is 62.6. The molecule has 0 amide bonds. The number of hydrogen-bond donors (Lipinski definition) is 2. The van der Waals surface area contributed by atoms with E-state index < -0.39 is 13.9 Å². The average Bonchev–Trinajstić information content (AvgIpc) is 3.30. The van der Waals surface area contributed by atoms with Crippen LogP contribution in [0.5, 0.6) is 0 Å². The van der Waals surface area contributed by atoms with Crippen LogP contribution in [0, 0.1) is 0 Å². The van der Waals surface area contributed by atoms with Crippen LogP contribution < -0.4 is 5.73 Å². The van der Waals surface area contributed by atoms with E-state index in [0.29, 0.717) is 13.0 Å². The summed E-state index contributed by atoms with van der Waals surface area (Å²) in [7, 11) is -4.28. The van der Waals surface area contributed by atoms with Crippen LogP contribution in [0.2, 0.25) is 0 Å². The maximum atomic E-state index is 12.7. The van der Waals surface area contributed by atoms with Crippen molar-refractivity contribution in [3.8, 4) is 0 Å². The zero-order valence-electron chi connectivity index (χ0n) is 43.5. The maximum absolute atomic E-state index is 12.7. The maximum Gasteiger partial charge on any atom is 0.472 e. The SMILES string of the molecule is CCCCCCCCCC/C=C\CCCCCCCCCCCCCCCC(=O)OC(COCCCCCCCCCCCCCCCCCCCCCCC)COP(=O)(O)OCCN. The van der Waals surface area contributed by atoms with Gasteiger partial charge in [-0.3, -0.25) is 13.8 Å². The molecule has 0 aliphatic rings. The van der Waals surface area contributed by atoms with E-state index in [2.05, 4.69) is 26.0 Å². The molecule has 0 saturated heterocycles. The number of hydrogen-bond acceptors (Lipinski definition) is 7. The van der Waals surface area contributed by atoms with Gasteiger partial charge in [-0.1, -0.05) is 270 Å².